The van der Waals surface area contributed by atoms with E-state index in [0.29, 0.717) is 18.7 Å². The molecule has 1 unspecified atom stereocenters. The summed E-state index contributed by atoms with van der Waals surface area (Å²) in [5.74, 6) is 0.924. The van der Waals surface area contributed by atoms with E-state index in [4.69, 9.17) is 4.42 Å². The van der Waals surface area contributed by atoms with Gasteiger partial charge in [0.25, 0.3) is 0 Å². The summed E-state index contributed by atoms with van der Waals surface area (Å²) in [6.07, 6.45) is 2.15. The summed E-state index contributed by atoms with van der Waals surface area (Å²) in [5, 5.41) is 2.74. The molecule has 6 nitrogen and oxygen atoms in total. The third kappa shape index (κ3) is 4.07. The maximum Gasteiger partial charge on any atom is 0.234 e. The molecule has 0 radical (unpaired) electrons. The highest BCUT2D eigenvalue weighted by Crippen LogP contribution is 2.16. The molecule has 1 aromatic rings. The number of sulfone groups is 1. The van der Waals surface area contributed by atoms with Crippen molar-refractivity contribution < 1.29 is 17.6 Å². The molecule has 1 fully saturated rings. The Bertz CT molecular complexity index is 524. The summed E-state index contributed by atoms with van der Waals surface area (Å²) >= 11 is 0. The molecule has 1 N–H and O–H groups in total. The normalized spacial score (nSPS) is 21.7. The minimum atomic E-state index is -2.91. The van der Waals surface area contributed by atoms with Crippen LogP contribution in [0.2, 0.25) is 0 Å². The van der Waals surface area contributed by atoms with Crippen LogP contribution < -0.4 is 5.32 Å². The Morgan fingerprint density at radius 3 is 2.95 bits per heavy atom. The van der Waals surface area contributed by atoms with Crippen molar-refractivity contribution in [2.24, 2.45) is 0 Å². The lowest BCUT2D eigenvalue weighted by molar-refractivity contribution is -0.122. The average Bonchev–Trinajstić information content (AvgIpc) is 2.95. The second kappa shape index (κ2) is 5.75. The van der Waals surface area contributed by atoms with Crippen LogP contribution in [0.4, 0.5) is 0 Å². The van der Waals surface area contributed by atoms with Crippen molar-refractivity contribution in [1.29, 1.82) is 0 Å². The van der Waals surface area contributed by atoms with Gasteiger partial charge >= 0.3 is 0 Å². The van der Waals surface area contributed by atoms with Crippen LogP contribution in [0.5, 0.6) is 0 Å². The first-order valence-corrected chi connectivity index (χ1v) is 7.98. The first-order chi connectivity index (χ1) is 8.96. The molecule has 1 aliphatic heterocycles. The van der Waals surface area contributed by atoms with E-state index in [2.05, 4.69) is 5.32 Å². The second-order valence-corrected chi connectivity index (χ2v) is 7.06. The Hall–Kier alpha value is -1.34. The molecule has 19 heavy (non-hydrogen) atoms. The molecule has 0 aromatic carbocycles. The molecule has 106 valence electrons. The van der Waals surface area contributed by atoms with Crippen molar-refractivity contribution in [3.63, 3.8) is 0 Å². The Morgan fingerprint density at radius 1 is 1.58 bits per heavy atom. The van der Waals surface area contributed by atoms with Gasteiger partial charge in [0, 0.05) is 6.04 Å². The largest absolute Gasteiger partial charge is 0.467 e. The molecule has 0 aliphatic carbocycles. The fourth-order valence-corrected chi connectivity index (χ4v) is 3.94. The Kier molecular flexibility index (Phi) is 4.26. The topological polar surface area (TPSA) is 79.6 Å². The average molecular weight is 286 g/mol. The molecule has 2 rings (SSSR count). The predicted molar refractivity (Wildman–Crippen MR) is 70.2 cm³/mol. The van der Waals surface area contributed by atoms with Gasteiger partial charge in [0.05, 0.1) is 30.9 Å². The van der Waals surface area contributed by atoms with E-state index in [1.54, 1.807) is 30.3 Å². The summed E-state index contributed by atoms with van der Waals surface area (Å²) in [5.41, 5.74) is 0. The van der Waals surface area contributed by atoms with Gasteiger partial charge in [-0.2, -0.15) is 0 Å². The number of carbonyl (C=O) groups excluding carboxylic acids is 1. The van der Waals surface area contributed by atoms with E-state index in [-0.39, 0.29) is 30.0 Å². The third-order valence-electron chi connectivity index (χ3n) is 3.26. The van der Waals surface area contributed by atoms with Crippen LogP contribution in [-0.2, 0) is 21.2 Å². The Balaban J connectivity index is 1.76. The fraction of sp³-hybridized carbons (Fsp3) is 0.583. The Labute approximate surface area is 112 Å². The molecule has 1 atom stereocenters. The van der Waals surface area contributed by atoms with E-state index < -0.39 is 9.84 Å². The summed E-state index contributed by atoms with van der Waals surface area (Å²) in [6.45, 7) is 0.545. The van der Waals surface area contributed by atoms with Gasteiger partial charge in [0.1, 0.15) is 5.76 Å². The minimum absolute atomic E-state index is 0.0561. The van der Waals surface area contributed by atoms with Gasteiger partial charge < -0.3 is 9.73 Å². The molecule has 0 saturated carbocycles. The van der Waals surface area contributed by atoms with Gasteiger partial charge in [0.2, 0.25) is 5.91 Å². The fourth-order valence-electron chi connectivity index (χ4n) is 2.13. The van der Waals surface area contributed by atoms with Crippen LogP contribution in [0.1, 0.15) is 12.2 Å². The number of nitrogens with zero attached hydrogens (tertiary/aromatic N) is 1. The maximum absolute atomic E-state index is 11.7. The van der Waals surface area contributed by atoms with Crippen molar-refractivity contribution in [1.82, 2.24) is 10.2 Å². The van der Waals surface area contributed by atoms with Gasteiger partial charge in [-0.05, 0) is 25.6 Å². The predicted octanol–water partition coefficient (Wildman–Crippen LogP) is 0.0147. The zero-order valence-corrected chi connectivity index (χ0v) is 11.6. The zero-order valence-electron chi connectivity index (χ0n) is 10.8. The van der Waals surface area contributed by atoms with Crippen molar-refractivity contribution >= 4 is 15.7 Å². The number of rotatable bonds is 5. The summed E-state index contributed by atoms with van der Waals surface area (Å²) in [4.78, 5) is 13.5. The molecular formula is C12H18N2O4S. The highest BCUT2D eigenvalue weighted by molar-refractivity contribution is 7.91. The molecule has 0 bridgehead atoms. The number of amides is 1. The quantitative estimate of drug-likeness (QED) is 0.825. The van der Waals surface area contributed by atoms with E-state index in [9.17, 15) is 13.2 Å². The highest BCUT2D eigenvalue weighted by atomic mass is 32.2. The molecular weight excluding hydrogens is 268 g/mol. The maximum atomic E-state index is 11.7. The molecule has 1 saturated heterocycles. The second-order valence-electron chi connectivity index (χ2n) is 4.83. The highest BCUT2D eigenvalue weighted by Gasteiger charge is 2.31. The molecule has 1 aliphatic rings. The summed E-state index contributed by atoms with van der Waals surface area (Å²) in [7, 11) is -1.14. The van der Waals surface area contributed by atoms with Crippen LogP contribution in [0.15, 0.2) is 22.8 Å². The van der Waals surface area contributed by atoms with Gasteiger partial charge in [-0.15, -0.1) is 0 Å². The van der Waals surface area contributed by atoms with Crippen LogP contribution in [0.25, 0.3) is 0 Å². The van der Waals surface area contributed by atoms with Gasteiger partial charge in [-0.25, -0.2) is 8.42 Å². The lowest BCUT2D eigenvalue weighted by Gasteiger charge is -2.22. The smallest absolute Gasteiger partial charge is 0.234 e. The van der Waals surface area contributed by atoms with Crippen LogP contribution >= 0.6 is 0 Å². The van der Waals surface area contributed by atoms with Crippen molar-refractivity contribution in [2.75, 3.05) is 25.1 Å². The van der Waals surface area contributed by atoms with Gasteiger partial charge in [-0.3, -0.25) is 9.69 Å². The number of nitrogens with one attached hydrogen (secondary N) is 1. The van der Waals surface area contributed by atoms with Gasteiger partial charge in [-0.1, -0.05) is 0 Å². The summed E-state index contributed by atoms with van der Waals surface area (Å²) in [6, 6.07) is 3.49. The van der Waals surface area contributed by atoms with Crippen LogP contribution in [0.3, 0.4) is 0 Å². The number of likely N-dealkylation sites (N-methyl/N-ethyl adjacent to an activating group) is 1. The monoisotopic (exact) mass is 286 g/mol. The lowest BCUT2D eigenvalue weighted by atomic mass is 10.2. The third-order valence-corrected chi connectivity index (χ3v) is 5.01. The van der Waals surface area contributed by atoms with E-state index in [1.165, 1.54) is 0 Å². The number of hydrogen-bond donors (Lipinski definition) is 1. The van der Waals surface area contributed by atoms with E-state index in [0.717, 1.165) is 0 Å². The molecule has 0 spiro atoms. The molecule has 2 heterocycles. The molecule has 1 amide bonds. The molecule has 7 heteroatoms. The minimum Gasteiger partial charge on any atom is -0.467 e. The standard InChI is InChI=1S/C12H18N2O4S/c1-14(10-4-6-19(16,17)9-10)8-12(15)13-7-11-3-2-5-18-11/h2-3,5,10H,4,6-9H2,1H3,(H,13,15). The van der Waals surface area contributed by atoms with Crippen LogP contribution in [-0.4, -0.2) is 50.4 Å². The van der Waals surface area contributed by atoms with Gasteiger partial charge in [0.15, 0.2) is 9.84 Å². The summed E-state index contributed by atoms with van der Waals surface area (Å²) < 4.78 is 27.9. The molecule has 1 aromatic heterocycles. The zero-order chi connectivity index (χ0) is 13.9. The van der Waals surface area contributed by atoms with Crippen molar-refractivity contribution in [2.45, 2.75) is 19.0 Å². The van der Waals surface area contributed by atoms with Crippen molar-refractivity contribution in [3.8, 4) is 0 Å². The SMILES string of the molecule is CN(CC(=O)NCc1ccco1)C1CCS(=O)(=O)C1. The Morgan fingerprint density at radius 2 is 2.37 bits per heavy atom. The van der Waals surface area contributed by atoms with E-state index in [1.807, 2.05) is 0 Å². The first kappa shape index (κ1) is 14.1. The number of furan rings is 1. The number of hydrogen-bond acceptors (Lipinski definition) is 5. The lowest BCUT2D eigenvalue weighted by Crippen LogP contribution is -2.40. The van der Waals surface area contributed by atoms with Crippen molar-refractivity contribution in [3.05, 3.63) is 24.2 Å². The van der Waals surface area contributed by atoms with E-state index >= 15 is 0 Å². The first-order valence-electron chi connectivity index (χ1n) is 6.16. The van der Waals surface area contributed by atoms with Crippen LogP contribution in [0, 0.1) is 0 Å². The number of carbonyl (C=O) groups is 1.